The highest BCUT2D eigenvalue weighted by molar-refractivity contribution is 9.10. The summed E-state index contributed by atoms with van der Waals surface area (Å²) in [5.74, 6) is 0.708. The molecule has 1 aromatic carbocycles. The summed E-state index contributed by atoms with van der Waals surface area (Å²) in [7, 11) is 0. The second kappa shape index (κ2) is 4.69. The monoisotopic (exact) mass is 295 g/mol. The molecule has 1 aromatic heterocycles. The molecular formula is C11H7BrClN3. The molecule has 0 radical (unpaired) electrons. The van der Waals surface area contributed by atoms with Crippen LogP contribution in [0.2, 0.25) is 5.02 Å². The zero-order valence-corrected chi connectivity index (χ0v) is 10.5. The van der Waals surface area contributed by atoms with Crippen LogP contribution in [0.25, 0.3) is 11.4 Å². The van der Waals surface area contributed by atoms with Gasteiger partial charge >= 0.3 is 0 Å². The lowest BCUT2D eigenvalue weighted by Gasteiger charge is -1.96. The lowest BCUT2D eigenvalue weighted by atomic mass is 10.2. The summed E-state index contributed by atoms with van der Waals surface area (Å²) in [5, 5.41) is 9.29. The van der Waals surface area contributed by atoms with Crippen LogP contribution in [0.4, 0.5) is 0 Å². The van der Waals surface area contributed by atoms with Gasteiger partial charge in [-0.05, 0) is 28.1 Å². The normalized spacial score (nSPS) is 10.1. The number of hydrogen-bond acceptors (Lipinski definition) is 2. The molecule has 0 unspecified atom stereocenters. The van der Waals surface area contributed by atoms with Gasteiger partial charge in [0.1, 0.15) is 10.4 Å². The van der Waals surface area contributed by atoms with E-state index in [9.17, 15) is 0 Å². The van der Waals surface area contributed by atoms with Crippen molar-refractivity contribution in [2.45, 2.75) is 6.42 Å². The van der Waals surface area contributed by atoms with Gasteiger partial charge in [-0.1, -0.05) is 23.7 Å². The number of H-pyrrole nitrogens is 1. The molecular weight excluding hydrogens is 289 g/mol. The number of rotatable bonds is 2. The molecule has 1 N–H and O–H groups in total. The maximum Gasteiger partial charge on any atom is 0.138 e. The zero-order valence-electron chi connectivity index (χ0n) is 8.17. The predicted molar refractivity (Wildman–Crippen MR) is 66.1 cm³/mol. The van der Waals surface area contributed by atoms with Crippen molar-refractivity contribution >= 4 is 27.5 Å². The Morgan fingerprint density at radius 2 is 2.31 bits per heavy atom. The summed E-state index contributed by atoms with van der Waals surface area (Å²) in [4.78, 5) is 7.38. The van der Waals surface area contributed by atoms with Crippen LogP contribution in [0.5, 0.6) is 0 Å². The zero-order chi connectivity index (χ0) is 11.5. The Kier molecular flexibility index (Phi) is 3.28. The molecule has 0 amide bonds. The van der Waals surface area contributed by atoms with Crippen LogP contribution in [-0.2, 0) is 6.42 Å². The lowest BCUT2D eigenvalue weighted by molar-refractivity contribution is 1.15. The van der Waals surface area contributed by atoms with E-state index in [4.69, 9.17) is 16.9 Å². The highest BCUT2D eigenvalue weighted by atomic mass is 79.9. The number of hydrogen-bond donors (Lipinski definition) is 1. The minimum Gasteiger partial charge on any atom is -0.340 e. The molecule has 0 saturated heterocycles. The van der Waals surface area contributed by atoms with Crippen molar-refractivity contribution < 1.29 is 0 Å². The molecule has 0 fully saturated rings. The van der Waals surface area contributed by atoms with Crippen LogP contribution in [0.1, 0.15) is 5.69 Å². The van der Waals surface area contributed by atoms with E-state index >= 15 is 0 Å². The van der Waals surface area contributed by atoms with Crippen molar-refractivity contribution in [2.75, 3.05) is 0 Å². The van der Waals surface area contributed by atoms with E-state index in [2.05, 4.69) is 32.0 Å². The largest absolute Gasteiger partial charge is 0.340 e. The highest BCUT2D eigenvalue weighted by Crippen LogP contribution is 2.24. The molecule has 0 bridgehead atoms. The first-order valence-corrected chi connectivity index (χ1v) is 5.75. The third-order valence-corrected chi connectivity index (χ3v) is 2.97. The van der Waals surface area contributed by atoms with Crippen molar-refractivity contribution in [3.8, 4) is 17.5 Å². The van der Waals surface area contributed by atoms with Gasteiger partial charge in [-0.25, -0.2) is 4.98 Å². The van der Waals surface area contributed by atoms with Crippen LogP contribution in [-0.4, -0.2) is 9.97 Å². The Morgan fingerprint density at radius 3 is 3.00 bits per heavy atom. The number of aromatic nitrogens is 2. The summed E-state index contributed by atoms with van der Waals surface area (Å²) < 4.78 is 0.670. The molecule has 2 rings (SSSR count). The quantitative estimate of drug-likeness (QED) is 0.921. The molecule has 0 aliphatic rings. The highest BCUT2D eigenvalue weighted by Gasteiger charge is 2.09. The molecule has 0 spiro atoms. The second-order valence-electron chi connectivity index (χ2n) is 3.20. The average molecular weight is 297 g/mol. The number of benzene rings is 1. The first-order valence-electron chi connectivity index (χ1n) is 4.58. The average Bonchev–Trinajstić information content (AvgIpc) is 2.61. The predicted octanol–water partition coefficient (Wildman–Crippen LogP) is 3.56. The molecule has 1 heterocycles. The van der Waals surface area contributed by atoms with Crippen LogP contribution in [0, 0.1) is 11.3 Å². The molecule has 2 aromatic rings. The minimum atomic E-state index is 0.300. The standard InChI is InChI=1S/C11H7BrClN3/c12-10-9(4-5-14)15-11(16-10)7-2-1-3-8(13)6-7/h1-3,6H,4H2,(H,15,16). The second-order valence-corrected chi connectivity index (χ2v) is 4.39. The Balaban J connectivity index is 2.42. The molecule has 5 heteroatoms. The van der Waals surface area contributed by atoms with Crippen LogP contribution < -0.4 is 0 Å². The molecule has 3 nitrogen and oxygen atoms in total. The molecule has 0 atom stereocenters. The van der Waals surface area contributed by atoms with Gasteiger partial charge in [-0.3, -0.25) is 0 Å². The number of nitrogens with one attached hydrogen (secondary N) is 1. The number of halogens is 2. The van der Waals surface area contributed by atoms with E-state index < -0.39 is 0 Å². The number of nitrogens with zero attached hydrogens (tertiary/aromatic N) is 2. The van der Waals surface area contributed by atoms with Gasteiger partial charge in [-0.2, -0.15) is 5.26 Å². The van der Waals surface area contributed by atoms with E-state index in [1.807, 2.05) is 18.2 Å². The van der Waals surface area contributed by atoms with Crippen LogP contribution >= 0.6 is 27.5 Å². The molecule has 0 saturated carbocycles. The van der Waals surface area contributed by atoms with Crippen molar-refractivity contribution in [3.63, 3.8) is 0 Å². The fourth-order valence-corrected chi connectivity index (χ4v) is 1.96. The Bertz CT molecular complexity index is 557. The van der Waals surface area contributed by atoms with Crippen LogP contribution in [0.15, 0.2) is 28.9 Å². The third-order valence-electron chi connectivity index (χ3n) is 2.08. The van der Waals surface area contributed by atoms with E-state index in [0.717, 1.165) is 11.3 Å². The van der Waals surface area contributed by atoms with Crippen molar-refractivity contribution in [2.24, 2.45) is 0 Å². The maximum atomic E-state index is 8.63. The van der Waals surface area contributed by atoms with Gasteiger partial charge in [-0.15, -0.1) is 0 Å². The Labute approximate surface area is 106 Å². The van der Waals surface area contributed by atoms with Gasteiger partial charge in [0, 0.05) is 10.6 Å². The minimum absolute atomic E-state index is 0.300. The van der Waals surface area contributed by atoms with Crippen LogP contribution in [0.3, 0.4) is 0 Å². The first-order chi connectivity index (χ1) is 7.70. The third kappa shape index (κ3) is 2.26. The summed E-state index contributed by atoms with van der Waals surface area (Å²) >= 11 is 9.20. The number of aromatic amines is 1. The fourth-order valence-electron chi connectivity index (χ4n) is 1.36. The SMILES string of the molecule is N#CCc1[nH]c(-c2cccc(Cl)c2)nc1Br. The van der Waals surface area contributed by atoms with Gasteiger partial charge in [0.25, 0.3) is 0 Å². The van der Waals surface area contributed by atoms with Gasteiger partial charge < -0.3 is 4.98 Å². The fraction of sp³-hybridized carbons (Fsp3) is 0.0909. The Hall–Kier alpha value is -1.31. The summed E-state index contributed by atoms with van der Waals surface area (Å²) in [6, 6.07) is 9.47. The first kappa shape index (κ1) is 11.2. The molecule has 0 aliphatic carbocycles. The van der Waals surface area contributed by atoms with Gasteiger partial charge in [0.05, 0.1) is 18.2 Å². The Morgan fingerprint density at radius 1 is 1.50 bits per heavy atom. The smallest absolute Gasteiger partial charge is 0.138 e. The van der Waals surface area contributed by atoms with Crippen molar-refractivity contribution in [1.82, 2.24) is 9.97 Å². The number of nitriles is 1. The summed E-state index contributed by atoms with van der Waals surface area (Å²) in [5.41, 5.74) is 1.68. The maximum absolute atomic E-state index is 8.63. The van der Waals surface area contributed by atoms with E-state index in [-0.39, 0.29) is 0 Å². The summed E-state index contributed by atoms with van der Waals surface area (Å²) in [6.45, 7) is 0. The van der Waals surface area contributed by atoms with E-state index in [1.54, 1.807) is 6.07 Å². The van der Waals surface area contributed by atoms with Crippen molar-refractivity contribution in [3.05, 3.63) is 39.6 Å². The van der Waals surface area contributed by atoms with E-state index in [0.29, 0.717) is 21.9 Å². The topological polar surface area (TPSA) is 52.5 Å². The lowest BCUT2D eigenvalue weighted by Crippen LogP contribution is -1.83. The molecule has 80 valence electrons. The van der Waals surface area contributed by atoms with E-state index in [1.165, 1.54) is 0 Å². The number of imidazole rings is 1. The molecule has 0 aliphatic heterocycles. The van der Waals surface area contributed by atoms with Gasteiger partial charge in [0.2, 0.25) is 0 Å². The molecule has 16 heavy (non-hydrogen) atoms. The summed E-state index contributed by atoms with van der Waals surface area (Å²) in [6.07, 6.45) is 0.300. The van der Waals surface area contributed by atoms with Gasteiger partial charge in [0.15, 0.2) is 0 Å². The van der Waals surface area contributed by atoms with Crippen molar-refractivity contribution in [1.29, 1.82) is 5.26 Å².